The van der Waals surface area contributed by atoms with Gasteiger partial charge in [0.15, 0.2) is 5.17 Å². The van der Waals surface area contributed by atoms with Crippen LogP contribution in [0, 0.1) is 5.82 Å². The van der Waals surface area contributed by atoms with Crippen LogP contribution in [-0.4, -0.2) is 22.7 Å². The summed E-state index contributed by atoms with van der Waals surface area (Å²) in [5, 5.41) is 3.69. The predicted octanol–water partition coefficient (Wildman–Crippen LogP) is 7.83. The lowest BCUT2D eigenvalue weighted by atomic mass is 10.2. The quantitative estimate of drug-likeness (QED) is 0.208. The number of nitrogens with one attached hydrogen (secondary N) is 1. The van der Waals surface area contributed by atoms with Crippen molar-refractivity contribution in [3.63, 3.8) is 0 Å². The molecule has 1 aliphatic heterocycles. The van der Waals surface area contributed by atoms with Gasteiger partial charge in [0.25, 0.3) is 5.91 Å². The maximum Gasteiger partial charge on any atom is 0.283 e. The number of hydrogen-bond acceptors (Lipinski definition) is 5. The number of thioether (sulfide) groups is 1. The molecule has 0 saturated heterocycles. The molecule has 5 rings (SSSR count). The molecule has 1 N–H and O–H groups in total. The van der Waals surface area contributed by atoms with E-state index in [9.17, 15) is 14.0 Å². The minimum atomic E-state index is -0.594. The zero-order chi connectivity index (χ0) is 28.8. The number of amidine groups is 1. The van der Waals surface area contributed by atoms with Crippen LogP contribution in [0.3, 0.4) is 0 Å². The molecular weight excluding hydrogens is 584 g/mol. The Morgan fingerprint density at radius 2 is 1.68 bits per heavy atom. The van der Waals surface area contributed by atoms with Gasteiger partial charge in [-0.1, -0.05) is 83.5 Å². The average molecular weight is 607 g/mol. The number of rotatable bonds is 8. The second-order valence-corrected chi connectivity index (χ2v) is 10.6. The van der Waals surface area contributed by atoms with Crippen molar-refractivity contribution in [3.05, 3.63) is 130 Å². The molecule has 10 heteroatoms. The molecule has 1 heterocycles. The average Bonchev–Trinajstić information content (AvgIpc) is 3.28. The Bertz CT molecular complexity index is 1650. The number of aliphatic imine (C=N–C) groups is 1. The summed E-state index contributed by atoms with van der Waals surface area (Å²) in [5.41, 5.74) is 2.33. The molecule has 0 unspecified atom stereocenters. The first-order valence-electron chi connectivity index (χ1n) is 12.4. The van der Waals surface area contributed by atoms with Gasteiger partial charge in [0.1, 0.15) is 23.9 Å². The first-order valence-corrected chi connectivity index (χ1v) is 14.2. The van der Waals surface area contributed by atoms with Crippen molar-refractivity contribution in [2.75, 3.05) is 16.0 Å². The zero-order valence-electron chi connectivity index (χ0n) is 21.4. The fraction of sp³-hybridized carbons (Fsp3) is 0.0645. The van der Waals surface area contributed by atoms with Crippen LogP contribution in [0.5, 0.6) is 5.75 Å². The standard InChI is InChI=1S/C31H22Cl2FN3O3S/c32-24-15-10-21(16-25(24)33)17-27-30(39)37(28-9-5-4-8-26(28)34)31(36-27)41-19-29(38)35-22-11-13-23(14-12-22)40-18-20-6-2-1-3-7-20/h1-17H,18-19H2,(H,35,38). The van der Waals surface area contributed by atoms with Gasteiger partial charge in [0.2, 0.25) is 5.91 Å². The van der Waals surface area contributed by atoms with Crippen molar-refractivity contribution < 1.29 is 18.7 Å². The lowest BCUT2D eigenvalue weighted by Gasteiger charge is -2.18. The molecule has 2 amide bonds. The number of carbonyl (C=O) groups excluding carboxylic acids is 2. The Hall–Kier alpha value is -4.11. The maximum absolute atomic E-state index is 14.7. The smallest absolute Gasteiger partial charge is 0.283 e. The summed E-state index contributed by atoms with van der Waals surface area (Å²) in [6.45, 7) is 0.435. The van der Waals surface area contributed by atoms with Crippen molar-refractivity contribution in [3.8, 4) is 5.75 Å². The number of amides is 2. The molecule has 0 fully saturated rings. The topological polar surface area (TPSA) is 71.0 Å². The Kier molecular flexibility index (Phi) is 9.04. The second-order valence-electron chi connectivity index (χ2n) is 8.82. The second kappa shape index (κ2) is 13.0. The highest BCUT2D eigenvalue weighted by Crippen LogP contribution is 2.32. The third kappa shape index (κ3) is 7.16. The normalized spacial score (nSPS) is 13.8. The number of benzene rings is 4. The van der Waals surface area contributed by atoms with Crippen molar-refractivity contribution in [1.29, 1.82) is 0 Å². The van der Waals surface area contributed by atoms with Crippen molar-refractivity contribution in [2.45, 2.75) is 6.61 Å². The lowest BCUT2D eigenvalue weighted by Crippen LogP contribution is -2.32. The number of carbonyl (C=O) groups is 2. The van der Waals surface area contributed by atoms with Crippen LogP contribution in [0.15, 0.2) is 108 Å². The number of para-hydroxylation sites is 1. The highest BCUT2D eigenvalue weighted by molar-refractivity contribution is 8.14. The van der Waals surface area contributed by atoms with Gasteiger partial charge in [-0.2, -0.15) is 0 Å². The summed E-state index contributed by atoms with van der Waals surface area (Å²) in [5.74, 6) is -0.844. The monoisotopic (exact) mass is 605 g/mol. The molecular formula is C31H22Cl2FN3O3S. The molecule has 4 aromatic rings. The zero-order valence-corrected chi connectivity index (χ0v) is 23.7. The molecule has 1 aliphatic rings. The van der Waals surface area contributed by atoms with E-state index in [2.05, 4.69) is 10.3 Å². The van der Waals surface area contributed by atoms with Crippen LogP contribution in [0.1, 0.15) is 11.1 Å². The van der Waals surface area contributed by atoms with Gasteiger partial charge in [-0.15, -0.1) is 0 Å². The molecule has 6 nitrogen and oxygen atoms in total. The number of anilines is 2. The van der Waals surface area contributed by atoms with E-state index >= 15 is 0 Å². The van der Waals surface area contributed by atoms with Gasteiger partial charge in [0.05, 0.1) is 21.5 Å². The summed E-state index contributed by atoms with van der Waals surface area (Å²) in [6.07, 6.45) is 1.54. The number of halogens is 3. The van der Waals surface area contributed by atoms with Gasteiger partial charge in [-0.3, -0.25) is 14.5 Å². The Labute approximate surface area is 250 Å². The number of nitrogens with zero attached hydrogens (tertiary/aromatic N) is 2. The van der Waals surface area contributed by atoms with Crippen LogP contribution in [0.4, 0.5) is 15.8 Å². The molecule has 0 saturated carbocycles. The van der Waals surface area contributed by atoms with Crippen molar-refractivity contribution >= 4 is 69.4 Å². The van der Waals surface area contributed by atoms with Crippen LogP contribution in [0.25, 0.3) is 6.08 Å². The highest BCUT2D eigenvalue weighted by Gasteiger charge is 2.34. The molecule has 0 atom stereocenters. The Balaban J connectivity index is 1.27. The van der Waals surface area contributed by atoms with Crippen molar-refractivity contribution in [1.82, 2.24) is 0 Å². The first kappa shape index (κ1) is 28.4. The van der Waals surface area contributed by atoms with E-state index in [4.69, 9.17) is 27.9 Å². The minimum absolute atomic E-state index is 0.0350. The van der Waals surface area contributed by atoms with Gasteiger partial charge in [0, 0.05) is 5.69 Å². The summed E-state index contributed by atoms with van der Waals surface area (Å²) in [4.78, 5) is 31.7. The molecule has 0 aliphatic carbocycles. The van der Waals surface area contributed by atoms with Crippen molar-refractivity contribution in [2.24, 2.45) is 4.99 Å². The Morgan fingerprint density at radius 3 is 2.41 bits per heavy atom. The van der Waals surface area contributed by atoms with E-state index in [1.807, 2.05) is 30.3 Å². The van der Waals surface area contributed by atoms with Gasteiger partial charge in [-0.05, 0) is 65.7 Å². The maximum atomic E-state index is 14.7. The van der Waals surface area contributed by atoms with E-state index in [1.165, 1.54) is 24.3 Å². The largest absolute Gasteiger partial charge is 0.489 e. The molecule has 41 heavy (non-hydrogen) atoms. The van der Waals surface area contributed by atoms with E-state index < -0.39 is 11.7 Å². The molecule has 0 aromatic heterocycles. The molecule has 0 spiro atoms. The van der Waals surface area contributed by atoms with Gasteiger partial charge >= 0.3 is 0 Å². The predicted molar refractivity (Wildman–Crippen MR) is 164 cm³/mol. The van der Waals surface area contributed by atoms with E-state index in [0.29, 0.717) is 33.7 Å². The first-order chi connectivity index (χ1) is 19.9. The van der Waals surface area contributed by atoms with Crippen LogP contribution >= 0.6 is 35.0 Å². The number of ether oxygens (including phenoxy) is 1. The van der Waals surface area contributed by atoms with Crippen LogP contribution < -0.4 is 15.0 Å². The molecule has 0 radical (unpaired) electrons. The van der Waals surface area contributed by atoms with Gasteiger partial charge < -0.3 is 10.1 Å². The van der Waals surface area contributed by atoms with Crippen LogP contribution in [0.2, 0.25) is 10.0 Å². The van der Waals surface area contributed by atoms with Gasteiger partial charge in [-0.25, -0.2) is 9.38 Å². The summed E-state index contributed by atoms with van der Waals surface area (Å²) in [7, 11) is 0. The molecule has 206 valence electrons. The summed E-state index contributed by atoms with van der Waals surface area (Å²) >= 11 is 13.1. The number of hydrogen-bond donors (Lipinski definition) is 1. The van der Waals surface area contributed by atoms with E-state index in [-0.39, 0.29) is 28.2 Å². The minimum Gasteiger partial charge on any atom is -0.489 e. The SMILES string of the molecule is O=C(CSC1=NC(=Cc2ccc(Cl)c(Cl)c2)C(=O)N1c1ccccc1F)Nc1ccc(OCc2ccccc2)cc1. The molecule has 0 bridgehead atoms. The Morgan fingerprint density at radius 1 is 0.951 bits per heavy atom. The van der Waals surface area contributed by atoms with Crippen LogP contribution in [-0.2, 0) is 16.2 Å². The third-order valence-corrected chi connectivity index (χ3v) is 7.57. The summed E-state index contributed by atoms with van der Waals surface area (Å²) in [6, 6.07) is 27.6. The van der Waals surface area contributed by atoms with E-state index in [0.717, 1.165) is 22.2 Å². The summed E-state index contributed by atoms with van der Waals surface area (Å²) < 4.78 is 20.5. The van der Waals surface area contributed by atoms with E-state index in [1.54, 1.807) is 48.5 Å². The molecule has 4 aromatic carbocycles. The third-order valence-electron chi connectivity index (χ3n) is 5.89. The fourth-order valence-corrected chi connectivity index (χ4v) is 5.01. The highest BCUT2D eigenvalue weighted by atomic mass is 35.5. The lowest BCUT2D eigenvalue weighted by molar-refractivity contribution is -0.114. The fourth-order valence-electron chi connectivity index (χ4n) is 3.90.